The zero-order valence-corrected chi connectivity index (χ0v) is 7.66. The van der Waals surface area contributed by atoms with Gasteiger partial charge < -0.3 is 0 Å². The number of nitrogens with zero attached hydrogens (tertiary/aromatic N) is 3. The van der Waals surface area contributed by atoms with Crippen LogP contribution in [0.5, 0.6) is 0 Å². The fourth-order valence-electron chi connectivity index (χ4n) is 1.11. The second-order valence-corrected chi connectivity index (χ2v) is 2.94. The first-order valence-electron chi connectivity index (χ1n) is 4.34. The summed E-state index contributed by atoms with van der Waals surface area (Å²) in [5, 5.41) is 3.86. The third-order valence-corrected chi connectivity index (χ3v) is 1.89. The van der Waals surface area contributed by atoms with E-state index in [1.165, 1.54) is 17.5 Å². The Morgan fingerprint density at radius 2 is 2.25 bits per heavy atom. The summed E-state index contributed by atoms with van der Waals surface area (Å²) in [6.45, 7) is 2.94. The smallest absolute Gasteiger partial charge is 0.282 e. The monoisotopic (exact) mass is 169 g/mol. The maximum Gasteiger partial charge on any atom is 0.345 e. The molecule has 1 aromatic heterocycles. The molecule has 0 amide bonds. The minimum absolute atomic E-state index is 0.0221. The fraction of sp³-hybridized carbons (Fsp3) is 0.750. The van der Waals surface area contributed by atoms with Crippen LogP contribution in [0.3, 0.4) is 0 Å². The molecule has 1 rings (SSSR count). The van der Waals surface area contributed by atoms with Crippen LogP contribution in [0, 0.1) is 0 Å². The van der Waals surface area contributed by atoms with Gasteiger partial charge in [-0.3, -0.25) is 4.57 Å². The first-order valence-corrected chi connectivity index (χ1v) is 4.34. The molecule has 0 fully saturated rings. The van der Waals surface area contributed by atoms with E-state index in [-0.39, 0.29) is 5.69 Å². The Morgan fingerprint density at radius 1 is 1.50 bits per heavy atom. The summed E-state index contributed by atoms with van der Waals surface area (Å²) in [6.07, 6.45) is 5.00. The van der Waals surface area contributed by atoms with Gasteiger partial charge in [0, 0.05) is 13.6 Å². The molecule has 1 heterocycles. The van der Waals surface area contributed by atoms with Gasteiger partial charge in [-0.15, -0.1) is 0 Å². The predicted octanol–water partition coefficient (Wildman–Crippen LogP) is 0.772. The molecule has 0 aliphatic rings. The van der Waals surface area contributed by atoms with Gasteiger partial charge in [0.05, 0.1) is 0 Å². The lowest BCUT2D eigenvalue weighted by molar-refractivity contribution is 0.579. The summed E-state index contributed by atoms with van der Waals surface area (Å²) in [4.78, 5) is 11.2. The van der Waals surface area contributed by atoms with Crippen LogP contribution in [0.4, 0.5) is 0 Å². The molecule has 4 heteroatoms. The number of hydrogen-bond donors (Lipinski definition) is 0. The third-order valence-electron chi connectivity index (χ3n) is 1.89. The predicted molar refractivity (Wildman–Crippen MR) is 47.0 cm³/mol. The van der Waals surface area contributed by atoms with Gasteiger partial charge in [0.25, 0.3) is 0 Å². The lowest BCUT2D eigenvalue weighted by atomic mass is 10.2. The molecule has 0 atom stereocenters. The van der Waals surface area contributed by atoms with Crippen LogP contribution >= 0.6 is 0 Å². The molecule has 0 saturated carbocycles. The topological polar surface area (TPSA) is 39.8 Å². The molecule has 68 valence electrons. The van der Waals surface area contributed by atoms with Gasteiger partial charge in [-0.25, -0.2) is 9.48 Å². The van der Waals surface area contributed by atoms with Crippen LogP contribution in [0.1, 0.15) is 26.2 Å². The van der Waals surface area contributed by atoms with Crippen molar-refractivity contribution in [2.24, 2.45) is 7.05 Å². The van der Waals surface area contributed by atoms with Gasteiger partial charge in [-0.2, -0.15) is 5.10 Å². The molecule has 0 radical (unpaired) electrons. The summed E-state index contributed by atoms with van der Waals surface area (Å²) in [7, 11) is 1.67. The van der Waals surface area contributed by atoms with E-state index in [2.05, 4.69) is 12.0 Å². The van der Waals surface area contributed by atoms with Crippen molar-refractivity contribution >= 4 is 0 Å². The third kappa shape index (κ3) is 1.96. The highest BCUT2D eigenvalue weighted by atomic mass is 16.2. The summed E-state index contributed by atoms with van der Waals surface area (Å²) in [5.41, 5.74) is -0.0221. The van der Waals surface area contributed by atoms with Crippen LogP contribution in [-0.2, 0) is 13.6 Å². The van der Waals surface area contributed by atoms with Crippen LogP contribution in [-0.4, -0.2) is 14.3 Å². The van der Waals surface area contributed by atoms with Crippen molar-refractivity contribution in [1.29, 1.82) is 0 Å². The van der Waals surface area contributed by atoms with E-state index in [1.807, 2.05) is 0 Å². The van der Waals surface area contributed by atoms with Gasteiger partial charge >= 0.3 is 5.69 Å². The van der Waals surface area contributed by atoms with Crippen LogP contribution in [0.25, 0.3) is 0 Å². The van der Waals surface area contributed by atoms with Crippen molar-refractivity contribution < 1.29 is 0 Å². The average molecular weight is 169 g/mol. The molecule has 1 aromatic rings. The standard InChI is InChI=1S/C8H15N3O/c1-3-4-5-6-11-7-9-10(2)8(11)12/h7H,3-6H2,1-2H3. The molecular formula is C8H15N3O. The van der Waals surface area contributed by atoms with Crippen molar-refractivity contribution in [3.05, 3.63) is 16.8 Å². The summed E-state index contributed by atoms with van der Waals surface area (Å²) in [5.74, 6) is 0. The number of rotatable bonds is 4. The lowest BCUT2D eigenvalue weighted by Gasteiger charge is -1.97. The van der Waals surface area contributed by atoms with E-state index in [4.69, 9.17) is 0 Å². The molecule has 0 aliphatic carbocycles. The summed E-state index contributed by atoms with van der Waals surface area (Å²) < 4.78 is 3.00. The van der Waals surface area contributed by atoms with Crippen molar-refractivity contribution in [3.63, 3.8) is 0 Å². The Morgan fingerprint density at radius 3 is 2.75 bits per heavy atom. The highest BCUT2D eigenvalue weighted by Crippen LogP contribution is 1.95. The van der Waals surface area contributed by atoms with E-state index in [1.54, 1.807) is 17.9 Å². The van der Waals surface area contributed by atoms with Crippen LogP contribution in [0.2, 0.25) is 0 Å². The number of hydrogen-bond acceptors (Lipinski definition) is 2. The fourth-order valence-corrected chi connectivity index (χ4v) is 1.11. The number of unbranched alkanes of at least 4 members (excludes halogenated alkanes) is 2. The molecule has 0 aliphatic heterocycles. The van der Waals surface area contributed by atoms with E-state index in [9.17, 15) is 4.79 Å². The normalized spacial score (nSPS) is 10.5. The van der Waals surface area contributed by atoms with E-state index in [0.29, 0.717) is 0 Å². The lowest BCUT2D eigenvalue weighted by Crippen LogP contribution is -2.22. The SMILES string of the molecule is CCCCCn1cnn(C)c1=O. The molecule has 0 N–H and O–H groups in total. The Kier molecular flexibility index (Phi) is 3.08. The maximum atomic E-state index is 11.2. The summed E-state index contributed by atoms with van der Waals surface area (Å²) >= 11 is 0. The molecule has 0 spiro atoms. The Hall–Kier alpha value is -1.06. The second-order valence-electron chi connectivity index (χ2n) is 2.94. The first kappa shape index (κ1) is 9.03. The van der Waals surface area contributed by atoms with E-state index < -0.39 is 0 Å². The van der Waals surface area contributed by atoms with E-state index >= 15 is 0 Å². The molecule has 12 heavy (non-hydrogen) atoms. The van der Waals surface area contributed by atoms with Crippen molar-refractivity contribution in [3.8, 4) is 0 Å². The van der Waals surface area contributed by atoms with Crippen molar-refractivity contribution in [2.75, 3.05) is 0 Å². The highest BCUT2D eigenvalue weighted by Gasteiger charge is 1.98. The molecule has 0 saturated heterocycles. The molecule has 0 aromatic carbocycles. The maximum absolute atomic E-state index is 11.2. The van der Waals surface area contributed by atoms with Gasteiger partial charge in [0.2, 0.25) is 0 Å². The Bertz CT molecular complexity index is 287. The Labute approximate surface area is 71.8 Å². The zero-order chi connectivity index (χ0) is 8.97. The summed E-state index contributed by atoms with van der Waals surface area (Å²) in [6, 6.07) is 0. The Balaban J connectivity index is 2.52. The number of aryl methyl sites for hydroxylation is 2. The first-order chi connectivity index (χ1) is 5.75. The molecule has 0 unspecified atom stereocenters. The second kappa shape index (κ2) is 4.09. The molecule has 0 bridgehead atoms. The molecule has 4 nitrogen and oxygen atoms in total. The minimum atomic E-state index is -0.0221. The minimum Gasteiger partial charge on any atom is -0.282 e. The average Bonchev–Trinajstić information content (AvgIpc) is 2.36. The zero-order valence-electron chi connectivity index (χ0n) is 7.66. The van der Waals surface area contributed by atoms with Gasteiger partial charge in [-0.1, -0.05) is 19.8 Å². The quantitative estimate of drug-likeness (QED) is 0.625. The van der Waals surface area contributed by atoms with Crippen LogP contribution < -0.4 is 5.69 Å². The molecular weight excluding hydrogens is 154 g/mol. The van der Waals surface area contributed by atoms with Gasteiger partial charge in [0.1, 0.15) is 6.33 Å². The van der Waals surface area contributed by atoms with Gasteiger partial charge in [0.15, 0.2) is 0 Å². The van der Waals surface area contributed by atoms with E-state index in [0.717, 1.165) is 13.0 Å². The highest BCUT2D eigenvalue weighted by molar-refractivity contribution is 4.65. The largest absolute Gasteiger partial charge is 0.345 e. The van der Waals surface area contributed by atoms with Crippen molar-refractivity contribution in [2.45, 2.75) is 32.7 Å². The van der Waals surface area contributed by atoms with Crippen LogP contribution in [0.15, 0.2) is 11.1 Å². The van der Waals surface area contributed by atoms with Crippen molar-refractivity contribution in [1.82, 2.24) is 14.3 Å². The van der Waals surface area contributed by atoms with Gasteiger partial charge in [-0.05, 0) is 6.42 Å². The number of aromatic nitrogens is 3.